The molecule has 0 radical (unpaired) electrons. The predicted octanol–water partition coefficient (Wildman–Crippen LogP) is 4.61. The lowest BCUT2D eigenvalue weighted by atomic mass is 10.2. The number of hydrogen-bond donors (Lipinski definition) is 2. The number of carbonyl (C=O) groups excluding carboxylic acids is 1. The Labute approximate surface area is 189 Å². The fourth-order valence-corrected chi connectivity index (χ4v) is 3.91. The minimum atomic E-state index is -0.276. The highest BCUT2D eigenvalue weighted by Crippen LogP contribution is 2.21. The second kappa shape index (κ2) is 9.84. The van der Waals surface area contributed by atoms with Crippen LogP contribution < -0.4 is 10.6 Å². The zero-order chi connectivity index (χ0) is 22.5. The van der Waals surface area contributed by atoms with Crippen LogP contribution in [0.5, 0.6) is 0 Å². The molecule has 1 aliphatic rings. The van der Waals surface area contributed by atoms with E-state index >= 15 is 0 Å². The zero-order valence-corrected chi connectivity index (χ0v) is 18.6. The molecular weight excluding hydrogens is 427 g/mol. The summed E-state index contributed by atoms with van der Waals surface area (Å²) in [6.07, 6.45) is 3.76. The highest BCUT2D eigenvalue weighted by molar-refractivity contribution is 7.16. The largest absolute Gasteiger partial charge is 0.371 e. The Hall–Kier alpha value is -3.36. The topological polar surface area (TPSA) is 75.6 Å². The minimum Gasteiger partial charge on any atom is -0.371 e. The Balaban J connectivity index is 1.43. The molecule has 0 atom stereocenters. The van der Waals surface area contributed by atoms with Crippen LogP contribution in [-0.4, -0.2) is 23.5 Å². The van der Waals surface area contributed by atoms with Crippen molar-refractivity contribution < 1.29 is 13.9 Å². The monoisotopic (exact) mass is 450 g/mol. The average Bonchev–Trinajstić information content (AvgIpc) is 3.35. The number of halogens is 1. The molecule has 2 N–H and O–H groups in total. The molecule has 1 aromatic heterocycles. The van der Waals surface area contributed by atoms with Gasteiger partial charge < -0.3 is 10.1 Å². The van der Waals surface area contributed by atoms with E-state index < -0.39 is 0 Å². The second-order valence-corrected chi connectivity index (χ2v) is 8.59. The molecule has 1 aliphatic heterocycles. The van der Waals surface area contributed by atoms with Gasteiger partial charge in [0.05, 0.1) is 28.9 Å². The van der Waals surface area contributed by atoms with Gasteiger partial charge in [0, 0.05) is 5.70 Å². The maximum atomic E-state index is 13.0. The molecule has 2 aromatic carbocycles. The smallest absolute Gasteiger partial charge is 0.276 e. The summed E-state index contributed by atoms with van der Waals surface area (Å²) < 4.78 is 19.9. The molecular formula is C24H23FN4O2S. The van der Waals surface area contributed by atoms with E-state index in [1.165, 1.54) is 12.1 Å². The van der Waals surface area contributed by atoms with Crippen molar-refractivity contribution in [3.05, 3.63) is 82.4 Å². The molecule has 6 nitrogen and oxygen atoms in total. The van der Waals surface area contributed by atoms with E-state index in [4.69, 9.17) is 4.74 Å². The van der Waals surface area contributed by atoms with E-state index in [0.717, 1.165) is 27.0 Å². The number of allylic oxidation sites excluding steroid dienone is 1. The summed E-state index contributed by atoms with van der Waals surface area (Å²) in [5.74, 6) is 0.0813. The lowest BCUT2D eigenvalue weighted by Gasteiger charge is -2.13. The Morgan fingerprint density at radius 2 is 2.06 bits per heavy atom. The highest BCUT2D eigenvalue weighted by Gasteiger charge is 2.21. The van der Waals surface area contributed by atoms with Crippen LogP contribution in [0.4, 0.5) is 4.39 Å². The van der Waals surface area contributed by atoms with Crippen molar-refractivity contribution in [3.8, 4) is 0 Å². The zero-order valence-electron chi connectivity index (χ0n) is 17.8. The Kier molecular flexibility index (Phi) is 6.72. The van der Waals surface area contributed by atoms with Crippen LogP contribution in [0.2, 0.25) is 0 Å². The van der Waals surface area contributed by atoms with E-state index in [0.29, 0.717) is 24.9 Å². The number of carbonyl (C=O) groups is 1. The first-order valence-electron chi connectivity index (χ1n) is 10.2. The summed E-state index contributed by atoms with van der Waals surface area (Å²) in [6, 6.07) is 12.0. The predicted molar refractivity (Wildman–Crippen MR) is 125 cm³/mol. The summed E-state index contributed by atoms with van der Waals surface area (Å²) in [5, 5.41) is 5.92. The van der Waals surface area contributed by atoms with Crippen LogP contribution in [-0.2, 0) is 16.1 Å². The number of guanidine groups is 1. The molecule has 0 saturated carbocycles. The first-order chi connectivity index (χ1) is 15.5. The molecule has 8 heteroatoms. The van der Waals surface area contributed by atoms with Crippen LogP contribution in [0.25, 0.3) is 16.3 Å². The van der Waals surface area contributed by atoms with Gasteiger partial charge in [-0.2, -0.15) is 0 Å². The van der Waals surface area contributed by atoms with Gasteiger partial charge in [-0.15, -0.1) is 11.3 Å². The lowest BCUT2D eigenvalue weighted by Crippen LogP contribution is -2.36. The third-order valence-electron chi connectivity index (χ3n) is 4.61. The molecule has 1 amide bonds. The van der Waals surface area contributed by atoms with Crippen LogP contribution in [0.3, 0.4) is 0 Å². The van der Waals surface area contributed by atoms with Crippen LogP contribution in [0.15, 0.2) is 70.4 Å². The number of nitrogens with one attached hydrogen (secondary N) is 2. The van der Waals surface area contributed by atoms with Crippen molar-refractivity contribution in [2.45, 2.75) is 20.5 Å². The van der Waals surface area contributed by atoms with Crippen molar-refractivity contribution in [3.63, 3.8) is 0 Å². The SMILES string of the molecule is CC(C)/C=C(\COCc1ccc(F)cc1)NC1=N/C(=C\c2ccc3ncsc3c2)C(=O)N1. The quantitative estimate of drug-likeness (QED) is 0.516. The standard InChI is InChI=1S/C24H23FN4O2S/c1-15(2)9-19(13-31-12-16-3-6-18(25)7-4-16)27-24-28-21(23(30)29-24)10-17-5-8-20-22(11-17)32-14-26-20/h3-11,14-15H,12-13H2,1-2H3,(H2,27,28,29,30)/b19-9+,21-10-. The molecule has 32 heavy (non-hydrogen) atoms. The molecule has 0 bridgehead atoms. The fourth-order valence-electron chi connectivity index (χ4n) is 3.19. The van der Waals surface area contributed by atoms with E-state index in [-0.39, 0.29) is 17.6 Å². The molecule has 0 saturated heterocycles. The van der Waals surface area contributed by atoms with Crippen LogP contribution >= 0.6 is 11.3 Å². The molecule has 164 valence electrons. The summed E-state index contributed by atoms with van der Waals surface area (Å²) in [7, 11) is 0. The lowest BCUT2D eigenvalue weighted by molar-refractivity contribution is -0.115. The average molecular weight is 451 g/mol. The second-order valence-electron chi connectivity index (χ2n) is 7.70. The van der Waals surface area contributed by atoms with Crippen molar-refractivity contribution in [2.75, 3.05) is 6.61 Å². The van der Waals surface area contributed by atoms with Crippen LogP contribution in [0.1, 0.15) is 25.0 Å². The Morgan fingerprint density at radius 1 is 1.25 bits per heavy atom. The maximum Gasteiger partial charge on any atom is 0.276 e. The van der Waals surface area contributed by atoms with Gasteiger partial charge in [0.15, 0.2) is 0 Å². The number of nitrogens with zero attached hydrogens (tertiary/aromatic N) is 2. The summed E-state index contributed by atoms with van der Waals surface area (Å²) in [4.78, 5) is 21.1. The van der Waals surface area contributed by atoms with Crippen LogP contribution in [0, 0.1) is 11.7 Å². The number of benzene rings is 2. The first-order valence-corrected chi connectivity index (χ1v) is 11.1. The number of fused-ring (bicyclic) bond motifs is 1. The van der Waals surface area contributed by atoms with Crippen molar-refractivity contribution in [1.29, 1.82) is 0 Å². The number of thiazole rings is 1. The molecule has 4 rings (SSSR count). The van der Waals surface area contributed by atoms with E-state index in [9.17, 15) is 9.18 Å². The summed E-state index contributed by atoms with van der Waals surface area (Å²) >= 11 is 1.55. The van der Waals surface area contributed by atoms with Gasteiger partial charge in [0.2, 0.25) is 5.96 Å². The van der Waals surface area contributed by atoms with Crippen molar-refractivity contribution in [1.82, 2.24) is 15.6 Å². The van der Waals surface area contributed by atoms with Gasteiger partial charge in [0.25, 0.3) is 5.91 Å². The molecule has 0 unspecified atom stereocenters. The number of rotatable bonds is 7. The first kappa shape index (κ1) is 21.9. The Morgan fingerprint density at radius 3 is 2.84 bits per heavy atom. The van der Waals surface area contributed by atoms with E-state index in [2.05, 4.69) is 34.5 Å². The van der Waals surface area contributed by atoms with Gasteiger partial charge in [0.1, 0.15) is 11.5 Å². The van der Waals surface area contributed by atoms with Crippen molar-refractivity contribution in [2.24, 2.45) is 10.9 Å². The third-order valence-corrected chi connectivity index (χ3v) is 5.40. The summed E-state index contributed by atoms with van der Waals surface area (Å²) in [5.41, 5.74) is 5.61. The van der Waals surface area contributed by atoms with Gasteiger partial charge in [-0.25, -0.2) is 14.4 Å². The third kappa shape index (κ3) is 5.66. The number of aliphatic imine (C=N–C) groups is 1. The highest BCUT2D eigenvalue weighted by atomic mass is 32.1. The number of hydrogen-bond acceptors (Lipinski definition) is 6. The van der Waals surface area contributed by atoms with Gasteiger partial charge in [-0.3, -0.25) is 10.1 Å². The van der Waals surface area contributed by atoms with E-state index in [1.54, 1.807) is 35.1 Å². The van der Waals surface area contributed by atoms with Gasteiger partial charge in [-0.1, -0.05) is 38.1 Å². The van der Waals surface area contributed by atoms with E-state index in [1.807, 2.05) is 24.3 Å². The van der Waals surface area contributed by atoms with Crippen molar-refractivity contribution >= 4 is 39.5 Å². The fraction of sp³-hybridized carbons (Fsp3) is 0.208. The normalized spacial score (nSPS) is 15.5. The molecule has 0 spiro atoms. The Bertz CT molecular complexity index is 1210. The van der Waals surface area contributed by atoms with Gasteiger partial charge in [-0.05, 0) is 47.4 Å². The van der Waals surface area contributed by atoms with Gasteiger partial charge >= 0.3 is 0 Å². The molecule has 2 heterocycles. The number of ether oxygens (including phenoxy) is 1. The number of aromatic nitrogens is 1. The molecule has 0 aliphatic carbocycles. The summed E-state index contributed by atoms with van der Waals surface area (Å²) in [6.45, 7) is 4.75. The molecule has 3 aromatic rings. The maximum absolute atomic E-state index is 13.0. The number of amides is 1. The molecule has 0 fully saturated rings. The minimum absolute atomic E-state index is 0.269.